The molecule has 0 saturated carbocycles. The Kier molecular flexibility index (Phi) is 6.15. The van der Waals surface area contributed by atoms with Gasteiger partial charge in [0.15, 0.2) is 0 Å². The Morgan fingerprint density at radius 1 is 0.867 bits per heavy atom. The van der Waals surface area contributed by atoms with Crippen LogP contribution in [0.15, 0.2) is 30.3 Å². The first kappa shape index (κ1) is 12.3. The van der Waals surface area contributed by atoms with E-state index in [1.54, 1.807) is 0 Å². The molecule has 0 aliphatic rings. The van der Waals surface area contributed by atoms with Crippen molar-refractivity contribution in [2.75, 3.05) is 0 Å². The third-order valence-electron chi connectivity index (χ3n) is 3.06. The molecule has 1 atom stereocenters. The Bertz CT molecular complexity index is 237. The fourth-order valence-corrected chi connectivity index (χ4v) is 2.19. The molecule has 0 aliphatic heterocycles. The van der Waals surface area contributed by atoms with Crippen LogP contribution in [0.4, 0.5) is 0 Å². The minimum Gasteiger partial charge on any atom is -0.0654 e. The molecule has 0 bridgehead atoms. The maximum Gasteiger partial charge on any atom is -0.0162 e. The number of unbranched alkanes of at least 4 members (excludes halogenated alkanes) is 2. The lowest BCUT2D eigenvalue weighted by Crippen LogP contribution is -1.98. The predicted molar refractivity (Wildman–Crippen MR) is 68.2 cm³/mol. The highest BCUT2D eigenvalue weighted by atomic mass is 14.1. The van der Waals surface area contributed by atoms with Gasteiger partial charge < -0.3 is 0 Å². The van der Waals surface area contributed by atoms with Crippen LogP contribution < -0.4 is 0 Å². The summed E-state index contributed by atoms with van der Waals surface area (Å²) in [5.74, 6) is 0.794. The molecule has 1 aromatic rings. The van der Waals surface area contributed by atoms with Crippen LogP contribution in [-0.4, -0.2) is 0 Å². The van der Waals surface area contributed by atoms with Crippen molar-refractivity contribution in [1.82, 2.24) is 0 Å². The molecule has 0 radical (unpaired) electrons. The monoisotopic (exact) mass is 204 g/mol. The van der Waals surface area contributed by atoms with Gasteiger partial charge in [-0.2, -0.15) is 0 Å². The van der Waals surface area contributed by atoms with Gasteiger partial charge in [-0.15, -0.1) is 0 Å². The summed E-state index contributed by atoms with van der Waals surface area (Å²) in [5.41, 5.74) is 1.54. The van der Waals surface area contributed by atoms with Crippen LogP contribution in [0.5, 0.6) is 0 Å². The lowest BCUT2D eigenvalue weighted by Gasteiger charge is -2.16. The van der Waals surface area contributed by atoms with Gasteiger partial charge in [-0.3, -0.25) is 0 Å². The third kappa shape index (κ3) is 4.51. The maximum absolute atomic E-state index is 2.29. The van der Waals surface area contributed by atoms with E-state index in [0.717, 1.165) is 5.92 Å². The predicted octanol–water partition coefficient (Wildman–Crippen LogP) is 5.15. The van der Waals surface area contributed by atoms with Crippen LogP contribution in [0.3, 0.4) is 0 Å². The van der Waals surface area contributed by atoms with E-state index in [1.807, 2.05) is 0 Å². The summed E-state index contributed by atoms with van der Waals surface area (Å²) in [6.07, 6.45) is 8.10. The van der Waals surface area contributed by atoms with Crippen molar-refractivity contribution >= 4 is 0 Å². The molecule has 1 aromatic carbocycles. The standard InChI is InChI=1S/C15H24/c1-3-5-7-11-14(10-4-2)15-12-8-6-9-13-15/h6,8-9,12-14H,3-5,7,10-11H2,1-2H3. The summed E-state index contributed by atoms with van der Waals surface area (Å²) in [7, 11) is 0. The first-order chi connectivity index (χ1) is 7.38. The second-order valence-electron chi connectivity index (χ2n) is 4.39. The van der Waals surface area contributed by atoms with E-state index in [0.29, 0.717) is 0 Å². The lowest BCUT2D eigenvalue weighted by atomic mass is 9.89. The van der Waals surface area contributed by atoms with Crippen LogP contribution >= 0.6 is 0 Å². The molecule has 0 nitrogen and oxygen atoms in total. The molecule has 0 heteroatoms. The molecule has 0 spiro atoms. The Labute approximate surface area is 94.7 Å². The van der Waals surface area contributed by atoms with Crippen LogP contribution in [0.1, 0.15) is 63.9 Å². The quantitative estimate of drug-likeness (QED) is 0.539. The number of benzene rings is 1. The maximum atomic E-state index is 2.29. The first-order valence-electron chi connectivity index (χ1n) is 6.43. The molecule has 84 valence electrons. The molecule has 15 heavy (non-hydrogen) atoms. The Balaban J connectivity index is 2.50. The van der Waals surface area contributed by atoms with E-state index in [4.69, 9.17) is 0 Å². The van der Waals surface area contributed by atoms with E-state index in [-0.39, 0.29) is 0 Å². The molecule has 0 aromatic heterocycles. The Morgan fingerprint density at radius 3 is 2.20 bits per heavy atom. The van der Waals surface area contributed by atoms with Gasteiger partial charge in [-0.1, -0.05) is 69.9 Å². The van der Waals surface area contributed by atoms with Gasteiger partial charge in [0.2, 0.25) is 0 Å². The summed E-state index contributed by atoms with van der Waals surface area (Å²) in [6, 6.07) is 11.0. The minimum atomic E-state index is 0.794. The van der Waals surface area contributed by atoms with Crippen LogP contribution in [0, 0.1) is 0 Å². The molecular formula is C15H24. The van der Waals surface area contributed by atoms with Crippen molar-refractivity contribution in [2.24, 2.45) is 0 Å². The second-order valence-corrected chi connectivity index (χ2v) is 4.39. The fraction of sp³-hybridized carbons (Fsp3) is 0.600. The van der Waals surface area contributed by atoms with Gasteiger partial charge in [0.05, 0.1) is 0 Å². The van der Waals surface area contributed by atoms with Crippen molar-refractivity contribution in [3.05, 3.63) is 35.9 Å². The summed E-state index contributed by atoms with van der Waals surface area (Å²) in [4.78, 5) is 0. The van der Waals surface area contributed by atoms with Crippen LogP contribution in [0.25, 0.3) is 0 Å². The van der Waals surface area contributed by atoms with E-state index >= 15 is 0 Å². The van der Waals surface area contributed by atoms with Crippen molar-refractivity contribution in [3.8, 4) is 0 Å². The number of hydrogen-bond donors (Lipinski definition) is 0. The summed E-state index contributed by atoms with van der Waals surface area (Å²) in [6.45, 7) is 4.56. The highest BCUT2D eigenvalue weighted by Gasteiger charge is 2.09. The smallest absolute Gasteiger partial charge is 0.0162 e. The molecule has 0 amide bonds. The molecule has 1 rings (SSSR count). The van der Waals surface area contributed by atoms with E-state index in [9.17, 15) is 0 Å². The number of hydrogen-bond acceptors (Lipinski definition) is 0. The van der Waals surface area contributed by atoms with Crippen molar-refractivity contribution in [2.45, 2.75) is 58.3 Å². The van der Waals surface area contributed by atoms with E-state index in [2.05, 4.69) is 44.2 Å². The Hall–Kier alpha value is -0.780. The molecule has 1 unspecified atom stereocenters. The SMILES string of the molecule is CCCCCC(CCC)c1ccccc1. The van der Waals surface area contributed by atoms with Gasteiger partial charge in [0.1, 0.15) is 0 Å². The average Bonchev–Trinajstić information content (AvgIpc) is 2.29. The lowest BCUT2D eigenvalue weighted by molar-refractivity contribution is 0.529. The zero-order valence-electron chi connectivity index (χ0n) is 10.2. The summed E-state index contributed by atoms with van der Waals surface area (Å²) < 4.78 is 0. The largest absolute Gasteiger partial charge is 0.0654 e. The normalized spacial score (nSPS) is 12.7. The van der Waals surface area contributed by atoms with E-state index in [1.165, 1.54) is 44.1 Å². The van der Waals surface area contributed by atoms with Gasteiger partial charge >= 0.3 is 0 Å². The van der Waals surface area contributed by atoms with Crippen molar-refractivity contribution in [1.29, 1.82) is 0 Å². The zero-order chi connectivity index (χ0) is 10.9. The molecule has 0 saturated heterocycles. The summed E-state index contributed by atoms with van der Waals surface area (Å²) >= 11 is 0. The van der Waals surface area contributed by atoms with Gasteiger partial charge in [-0.25, -0.2) is 0 Å². The van der Waals surface area contributed by atoms with Crippen LogP contribution in [0.2, 0.25) is 0 Å². The minimum absolute atomic E-state index is 0.794. The van der Waals surface area contributed by atoms with Crippen LogP contribution in [-0.2, 0) is 0 Å². The number of rotatable bonds is 7. The van der Waals surface area contributed by atoms with Gasteiger partial charge in [0, 0.05) is 0 Å². The van der Waals surface area contributed by atoms with Crippen molar-refractivity contribution < 1.29 is 0 Å². The third-order valence-corrected chi connectivity index (χ3v) is 3.06. The average molecular weight is 204 g/mol. The topological polar surface area (TPSA) is 0 Å². The zero-order valence-corrected chi connectivity index (χ0v) is 10.2. The molecule has 0 heterocycles. The second kappa shape index (κ2) is 7.50. The highest BCUT2D eigenvalue weighted by molar-refractivity contribution is 5.19. The van der Waals surface area contributed by atoms with E-state index < -0.39 is 0 Å². The first-order valence-corrected chi connectivity index (χ1v) is 6.43. The molecular weight excluding hydrogens is 180 g/mol. The highest BCUT2D eigenvalue weighted by Crippen LogP contribution is 2.26. The van der Waals surface area contributed by atoms with Gasteiger partial charge in [-0.05, 0) is 24.3 Å². The van der Waals surface area contributed by atoms with Gasteiger partial charge in [0.25, 0.3) is 0 Å². The van der Waals surface area contributed by atoms with Crippen molar-refractivity contribution in [3.63, 3.8) is 0 Å². The fourth-order valence-electron chi connectivity index (χ4n) is 2.19. The molecule has 0 aliphatic carbocycles. The summed E-state index contributed by atoms with van der Waals surface area (Å²) in [5, 5.41) is 0. The molecule has 0 N–H and O–H groups in total. The Morgan fingerprint density at radius 2 is 1.60 bits per heavy atom. The molecule has 0 fully saturated rings.